The maximum atomic E-state index is 12.4. The molecule has 0 spiro atoms. The van der Waals surface area contributed by atoms with E-state index in [1.165, 1.54) is 24.3 Å². The Hall–Kier alpha value is -1.85. The average molecular weight is 472 g/mol. The topological polar surface area (TPSA) is 57.2 Å². The fourth-order valence-corrected chi connectivity index (χ4v) is 2.88. The van der Waals surface area contributed by atoms with E-state index < -0.39 is 47.7 Å². The van der Waals surface area contributed by atoms with E-state index in [0.29, 0.717) is 10.6 Å². The fraction of sp³-hybridized carbons (Fsp3) is 0.200. The normalized spacial score (nSPS) is 12.9. The summed E-state index contributed by atoms with van der Waals surface area (Å²) in [6, 6.07) is 9.34. The molecule has 3 nitrogen and oxygen atoms in total. The second-order valence-corrected chi connectivity index (χ2v) is 8.28. The molecule has 2 aromatic carbocycles. The summed E-state index contributed by atoms with van der Waals surface area (Å²) in [6.07, 6.45) is -8.77. The lowest BCUT2D eigenvalue weighted by Gasteiger charge is -2.08. The predicted octanol–water partition coefficient (Wildman–Crippen LogP) is 4.14. The van der Waals surface area contributed by atoms with Gasteiger partial charge in [-0.05, 0) is 48.5 Å². The van der Waals surface area contributed by atoms with Crippen LogP contribution < -0.4 is 10.6 Å². The van der Waals surface area contributed by atoms with Crippen molar-refractivity contribution in [3.63, 3.8) is 0 Å². The minimum Gasteiger partial charge on any atom is -0.741 e. The molecule has 2 rings (SSSR count). The van der Waals surface area contributed by atoms with Crippen LogP contribution >= 0.6 is 8.58 Å². The first-order chi connectivity index (χ1) is 12.9. The van der Waals surface area contributed by atoms with Crippen LogP contribution in [0.2, 0.25) is 0 Å². The summed E-state index contributed by atoms with van der Waals surface area (Å²) in [6.45, 7) is 0. The Bertz CT molecular complexity index is 845. The Morgan fingerprint density at radius 2 is 0.862 bits per heavy atom. The number of halogens is 9. The molecule has 2 aromatic rings. The van der Waals surface area contributed by atoms with Crippen molar-refractivity contribution in [2.75, 3.05) is 0 Å². The van der Waals surface area contributed by atoms with Crippen LogP contribution in [0, 0.1) is 0 Å². The summed E-state index contributed by atoms with van der Waals surface area (Å²) in [5, 5.41) is 1.37. The zero-order chi connectivity index (χ0) is 22.7. The predicted molar refractivity (Wildman–Crippen MR) is 87.6 cm³/mol. The number of alkyl halides is 9. The van der Waals surface area contributed by atoms with Crippen LogP contribution in [0.4, 0.5) is 39.5 Å². The Morgan fingerprint density at radius 3 is 1.03 bits per heavy atom. The molecule has 0 N–H and O–H groups in total. The molecule has 29 heavy (non-hydrogen) atoms. The molecule has 0 heterocycles. The van der Waals surface area contributed by atoms with Crippen molar-refractivity contribution >= 4 is 29.3 Å². The van der Waals surface area contributed by atoms with Crippen molar-refractivity contribution in [1.29, 1.82) is 0 Å². The van der Waals surface area contributed by atoms with E-state index in [1.54, 1.807) is 0 Å². The summed E-state index contributed by atoms with van der Waals surface area (Å²) in [4.78, 5) is 0. The van der Waals surface area contributed by atoms with Crippen molar-refractivity contribution in [2.45, 2.75) is 17.9 Å². The van der Waals surface area contributed by atoms with Gasteiger partial charge in [-0.2, -0.15) is 39.5 Å². The molecule has 0 unspecified atom stereocenters. The Kier molecular flexibility index (Phi) is 7.72. The van der Waals surface area contributed by atoms with Crippen molar-refractivity contribution < 1.29 is 52.5 Å². The van der Waals surface area contributed by atoms with Crippen LogP contribution in [0.25, 0.3) is 0 Å². The maximum absolute atomic E-state index is 12.4. The molecular formula is C15H10F9O3PS. The highest BCUT2D eigenvalue weighted by Crippen LogP contribution is 2.30. The van der Waals surface area contributed by atoms with Gasteiger partial charge >= 0.3 is 17.9 Å². The van der Waals surface area contributed by atoms with Crippen molar-refractivity contribution in [1.82, 2.24) is 0 Å². The fourth-order valence-electron chi connectivity index (χ4n) is 1.73. The van der Waals surface area contributed by atoms with E-state index in [2.05, 4.69) is 0 Å². The molecule has 0 bridgehead atoms. The summed E-state index contributed by atoms with van der Waals surface area (Å²) in [5.41, 5.74) is -7.12. The maximum Gasteiger partial charge on any atom is 0.485 e. The number of benzene rings is 2. The number of hydrogen-bond donors (Lipinski definition) is 0. The first kappa shape index (κ1) is 25.2. The van der Waals surface area contributed by atoms with Crippen LogP contribution in [0.3, 0.4) is 0 Å². The smallest absolute Gasteiger partial charge is 0.485 e. The first-order valence-corrected chi connectivity index (χ1v) is 9.69. The molecule has 0 aliphatic heterocycles. The van der Waals surface area contributed by atoms with E-state index in [4.69, 9.17) is 13.0 Å². The average Bonchev–Trinajstić information content (AvgIpc) is 2.53. The quantitative estimate of drug-likeness (QED) is 0.286. The Labute approximate surface area is 160 Å². The third-order valence-electron chi connectivity index (χ3n) is 3.09. The van der Waals surface area contributed by atoms with Crippen LogP contribution in [0.15, 0.2) is 48.5 Å². The first-order valence-electron chi connectivity index (χ1n) is 7.13. The zero-order valence-corrected chi connectivity index (χ0v) is 15.7. The van der Waals surface area contributed by atoms with Gasteiger partial charge in [0, 0.05) is 0 Å². The van der Waals surface area contributed by atoms with E-state index >= 15 is 0 Å². The molecule has 0 fully saturated rings. The van der Waals surface area contributed by atoms with Crippen molar-refractivity contribution in [3.8, 4) is 0 Å². The summed E-state index contributed by atoms with van der Waals surface area (Å²) >= 11 is 0. The largest absolute Gasteiger partial charge is 0.741 e. The van der Waals surface area contributed by atoms with E-state index in [1.807, 2.05) is 0 Å². The standard InChI is InChI=1S/C14H9F6P.CHF3O3S/c15-13(16,17)9-1-5-11(6-2-9)21-12-7-3-10(4-8-12)14(18,19)20;2-1(3,4)8(5,6)7/h1-8,21H;(H,5,6,7). The molecule has 0 aliphatic rings. The SMILES string of the molecule is FC(F)(F)c1ccc([PH2+]c2ccc(C(F)(F)F)cc2)cc1.O=S(=O)([O-])C(F)(F)F. The minimum absolute atomic E-state index is 0.543. The Morgan fingerprint density at radius 1 is 0.621 bits per heavy atom. The highest BCUT2D eigenvalue weighted by molar-refractivity contribution is 7.86. The van der Waals surface area contributed by atoms with E-state index in [9.17, 15) is 39.5 Å². The minimum atomic E-state index is -6.09. The number of hydrogen-bond acceptors (Lipinski definition) is 3. The summed E-state index contributed by atoms with van der Waals surface area (Å²) in [7, 11) is -6.63. The molecule has 0 atom stereocenters. The van der Waals surface area contributed by atoms with Gasteiger partial charge in [0.2, 0.25) is 0 Å². The van der Waals surface area contributed by atoms with Crippen LogP contribution in [-0.2, 0) is 22.5 Å². The monoisotopic (exact) mass is 472 g/mol. The third-order valence-corrected chi connectivity index (χ3v) is 5.10. The highest BCUT2D eigenvalue weighted by Gasteiger charge is 2.37. The lowest BCUT2D eigenvalue weighted by atomic mass is 10.2. The molecule has 0 saturated heterocycles. The van der Waals surface area contributed by atoms with Gasteiger partial charge in [0.15, 0.2) is 10.1 Å². The number of rotatable bonds is 2. The Balaban J connectivity index is 0.000000447. The van der Waals surface area contributed by atoms with Gasteiger partial charge in [0.05, 0.1) is 30.3 Å². The molecule has 14 heteroatoms. The highest BCUT2D eigenvalue weighted by atomic mass is 32.2. The molecule has 0 amide bonds. The van der Waals surface area contributed by atoms with Gasteiger partial charge in [-0.1, -0.05) is 0 Å². The molecule has 162 valence electrons. The summed E-state index contributed by atoms with van der Waals surface area (Å²) < 4.78 is 133. The van der Waals surface area contributed by atoms with Gasteiger partial charge in [-0.25, -0.2) is 8.42 Å². The van der Waals surface area contributed by atoms with Crippen molar-refractivity contribution in [2.24, 2.45) is 0 Å². The van der Waals surface area contributed by atoms with Gasteiger partial charge in [-0.15, -0.1) is 0 Å². The zero-order valence-electron chi connectivity index (χ0n) is 13.7. The second-order valence-electron chi connectivity index (χ2n) is 5.28. The molecule has 0 aliphatic carbocycles. The summed E-state index contributed by atoms with van der Waals surface area (Å²) in [5.74, 6) is 0. The van der Waals surface area contributed by atoms with Gasteiger partial charge < -0.3 is 4.55 Å². The second kappa shape index (κ2) is 8.88. The molecule has 0 aromatic heterocycles. The van der Waals surface area contributed by atoms with E-state index in [0.717, 1.165) is 24.3 Å². The molecular weight excluding hydrogens is 462 g/mol. The van der Waals surface area contributed by atoms with Crippen LogP contribution in [0.5, 0.6) is 0 Å². The van der Waals surface area contributed by atoms with Crippen LogP contribution in [-0.4, -0.2) is 18.5 Å². The third kappa shape index (κ3) is 8.19. The molecule has 0 saturated carbocycles. The lowest BCUT2D eigenvalue weighted by Crippen LogP contribution is -2.21. The van der Waals surface area contributed by atoms with Crippen LogP contribution in [0.1, 0.15) is 11.1 Å². The molecule has 0 radical (unpaired) electrons. The van der Waals surface area contributed by atoms with E-state index in [-0.39, 0.29) is 0 Å². The van der Waals surface area contributed by atoms with Gasteiger partial charge in [-0.3, -0.25) is 0 Å². The van der Waals surface area contributed by atoms with Crippen molar-refractivity contribution in [3.05, 3.63) is 59.7 Å². The van der Waals surface area contributed by atoms with Gasteiger partial charge in [0.25, 0.3) is 0 Å². The lowest BCUT2D eigenvalue weighted by molar-refractivity contribution is -0.138. The van der Waals surface area contributed by atoms with Gasteiger partial charge in [0.1, 0.15) is 0 Å².